The van der Waals surface area contributed by atoms with Crippen LogP contribution in [0.4, 0.5) is 5.69 Å². The van der Waals surface area contributed by atoms with E-state index in [1.54, 1.807) is 24.3 Å². The Morgan fingerprint density at radius 3 is 2.38 bits per heavy atom. The van der Waals surface area contributed by atoms with Crippen LogP contribution in [0.15, 0.2) is 48.5 Å². The lowest BCUT2D eigenvalue weighted by Gasteiger charge is -2.19. The van der Waals surface area contributed by atoms with Crippen molar-refractivity contribution in [3.63, 3.8) is 0 Å². The molecule has 0 spiro atoms. The average Bonchev–Trinajstić information content (AvgIpc) is 2.72. The minimum atomic E-state index is -0.941. The van der Waals surface area contributed by atoms with Crippen LogP contribution in [-0.4, -0.2) is 31.2 Å². The molecule has 6 nitrogen and oxygen atoms in total. The molecule has 2 aromatic carbocycles. The maximum absolute atomic E-state index is 12.3. The summed E-state index contributed by atoms with van der Waals surface area (Å²) in [6.07, 6.45) is 2.04. The molecule has 1 aliphatic rings. The number of benzene rings is 2. The van der Waals surface area contributed by atoms with Gasteiger partial charge in [-0.3, -0.25) is 4.79 Å². The first kappa shape index (κ1) is 20.5. The second kappa shape index (κ2) is 9.28. The Balaban J connectivity index is 1.52. The lowest BCUT2D eigenvalue weighted by atomic mass is 10.0. The number of rotatable bonds is 6. The molecule has 1 heterocycles. The van der Waals surface area contributed by atoms with E-state index in [1.807, 2.05) is 24.3 Å². The van der Waals surface area contributed by atoms with Gasteiger partial charge < -0.3 is 19.5 Å². The summed E-state index contributed by atoms with van der Waals surface area (Å²) in [6, 6.07) is 13.1. The number of carbonyl (C=O) groups excluding carboxylic acids is 2. The van der Waals surface area contributed by atoms with Gasteiger partial charge in [-0.15, -0.1) is 0 Å². The Hall–Kier alpha value is -3.28. The fourth-order valence-electron chi connectivity index (χ4n) is 2.79. The van der Waals surface area contributed by atoms with Crippen LogP contribution in [0.1, 0.15) is 37.8 Å². The molecule has 1 atom stereocenters. The molecule has 1 N–H and O–H groups in total. The van der Waals surface area contributed by atoms with Crippen molar-refractivity contribution in [3.05, 3.63) is 59.7 Å². The molecule has 2 aromatic rings. The molecular weight excluding hydrogens is 370 g/mol. The highest BCUT2D eigenvalue weighted by molar-refractivity contribution is 5.96. The molecule has 0 aliphatic carbocycles. The van der Waals surface area contributed by atoms with E-state index in [0.29, 0.717) is 36.3 Å². The smallest absolute Gasteiger partial charge is 0.331 e. The van der Waals surface area contributed by atoms with Gasteiger partial charge in [-0.05, 0) is 42.2 Å². The van der Waals surface area contributed by atoms with Crippen molar-refractivity contribution in [2.24, 2.45) is 0 Å². The maximum atomic E-state index is 12.3. The van der Waals surface area contributed by atoms with Crippen molar-refractivity contribution >= 4 is 23.6 Å². The summed E-state index contributed by atoms with van der Waals surface area (Å²) >= 11 is 0. The molecule has 0 saturated heterocycles. The van der Waals surface area contributed by atoms with Crippen molar-refractivity contribution in [1.29, 1.82) is 0 Å². The zero-order valence-corrected chi connectivity index (χ0v) is 16.8. The molecule has 1 unspecified atom stereocenters. The highest BCUT2D eigenvalue weighted by Gasteiger charge is 2.18. The minimum Gasteiger partial charge on any atom is -0.486 e. The van der Waals surface area contributed by atoms with Gasteiger partial charge in [0, 0.05) is 17.8 Å². The summed E-state index contributed by atoms with van der Waals surface area (Å²) in [6.45, 7) is 6.74. The van der Waals surface area contributed by atoms with Crippen LogP contribution >= 0.6 is 0 Å². The van der Waals surface area contributed by atoms with Crippen molar-refractivity contribution in [2.45, 2.75) is 32.8 Å². The van der Waals surface area contributed by atoms with E-state index < -0.39 is 18.0 Å². The molecule has 0 fully saturated rings. The van der Waals surface area contributed by atoms with Gasteiger partial charge in [-0.2, -0.15) is 0 Å². The van der Waals surface area contributed by atoms with Gasteiger partial charge in [-0.1, -0.05) is 38.1 Å². The number of hydrogen-bond acceptors (Lipinski definition) is 5. The first-order valence-corrected chi connectivity index (χ1v) is 9.61. The van der Waals surface area contributed by atoms with E-state index in [9.17, 15) is 9.59 Å². The maximum Gasteiger partial charge on any atom is 0.331 e. The van der Waals surface area contributed by atoms with Gasteiger partial charge >= 0.3 is 5.97 Å². The zero-order valence-electron chi connectivity index (χ0n) is 16.8. The highest BCUT2D eigenvalue weighted by Crippen LogP contribution is 2.32. The Morgan fingerprint density at radius 2 is 1.69 bits per heavy atom. The number of carbonyl (C=O) groups is 2. The second-order valence-corrected chi connectivity index (χ2v) is 7.08. The molecule has 3 rings (SSSR count). The van der Waals surface area contributed by atoms with Crippen molar-refractivity contribution < 1.29 is 23.8 Å². The van der Waals surface area contributed by atoms with Gasteiger partial charge in [0.25, 0.3) is 5.91 Å². The first-order chi connectivity index (χ1) is 13.9. The highest BCUT2D eigenvalue weighted by atomic mass is 16.6. The van der Waals surface area contributed by atoms with E-state index in [0.717, 1.165) is 5.56 Å². The van der Waals surface area contributed by atoms with E-state index in [1.165, 1.54) is 18.6 Å². The summed E-state index contributed by atoms with van der Waals surface area (Å²) in [4.78, 5) is 24.3. The SMILES string of the molecule is CC(OC(=O)/C=C/c1ccc(C(C)C)cc1)C(=O)Nc1ccc2c(c1)OCCO2. The monoisotopic (exact) mass is 395 g/mol. The first-order valence-electron chi connectivity index (χ1n) is 9.61. The zero-order chi connectivity index (χ0) is 20.8. The van der Waals surface area contributed by atoms with Gasteiger partial charge in [0.05, 0.1) is 0 Å². The average molecular weight is 395 g/mol. The molecule has 6 heteroatoms. The van der Waals surface area contributed by atoms with Crippen LogP contribution in [0.3, 0.4) is 0 Å². The second-order valence-electron chi connectivity index (χ2n) is 7.08. The Morgan fingerprint density at radius 1 is 1.00 bits per heavy atom. The number of esters is 1. The fraction of sp³-hybridized carbons (Fsp3) is 0.304. The van der Waals surface area contributed by atoms with E-state index in [-0.39, 0.29) is 0 Å². The Labute approximate surface area is 170 Å². The van der Waals surface area contributed by atoms with Crippen molar-refractivity contribution in [1.82, 2.24) is 0 Å². The van der Waals surface area contributed by atoms with Crippen LogP contribution in [0.2, 0.25) is 0 Å². The van der Waals surface area contributed by atoms with Crippen LogP contribution in [0, 0.1) is 0 Å². The Kier molecular flexibility index (Phi) is 6.54. The summed E-state index contributed by atoms with van der Waals surface area (Å²) < 4.78 is 16.1. The lowest BCUT2D eigenvalue weighted by Crippen LogP contribution is -2.29. The van der Waals surface area contributed by atoms with Gasteiger partial charge in [0.1, 0.15) is 13.2 Å². The van der Waals surface area contributed by atoms with E-state index in [2.05, 4.69) is 19.2 Å². The standard InChI is InChI=1S/C23H25NO5/c1-15(2)18-7-4-17(5-8-18)6-11-22(25)29-16(3)23(26)24-19-9-10-20-21(14-19)28-13-12-27-20/h4-11,14-16H,12-13H2,1-3H3,(H,24,26)/b11-6+. The predicted octanol–water partition coefficient (Wildman–Crippen LogP) is 4.16. The van der Waals surface area contributed by atoms with Crippen LogP contribution in [-0.2, 0) is 14.3 Å². The summed E-state index contributed by atoms with van der Waals surface area (Å²) in [7, 11) is 0. The van der Waals surface area contributed by atoms with E-state index in [4.69, 9.17) is 14.2 Å². The summed E-state index contributed by atoms with van der Waals surface area (Å²) in [5.74, 6) is 0.657. The van der Waals surface area contributed by atoms with Crippen LogP contribution in [0.5, 0.6) is 11.5 Å². The van der Waals surface area contributed by atoms with Gasteiger partial charge in [0.2, 0.25) is 0 Å². The molecular formula is C23H25NO5. The van der Waals surface area contributed by atoms with Crippen molar-refractivity contribution in [3.8, 4) is 11.5 Å². The van der Waals surface area contributed by atoms with Crippen LogP contribution in [0.25, 0.3) is 6.08 Å². The lowest BCUT2D eigenvalue weighted by molar-refractivity contribution is -0.148. The van der Waals surface area contributed by atoms with Crippen molar-refractivity contribution in [2.75, 3.05) is 18.5 Å². The van der Waals surface area contributed by atoms with E-state index >= 15 is 0 Å². The number of fused-ring (bicyclic) bond motifs is 1. The fourth-order valence-corrected chi connectivity index (χ4v) is 2.79. The van der Waals surface area contributed by atoms with Crippen LogP contribution < -0.4 is 14.8 Å². The Bertz CT molecular complexity index is 902. The molecule has 0 radical (unpaired) electrons. The summed E-state index contributed by atoms with van der Waals surface area (Å²) in [5, 5.41) is 2.71. The molecule has 0 bridgehead atoms. The number of amides is 1. The number of ether oxygens (including phenoxy) is 3. The molecule has 0 aromatic heterocycles. The quantitative estimate of drug-likeness (QED) is 0.587. The number of hydrogen-bond donors (Lipinski definition) is 1. The number of anilines is 1. The molecule has 0 saturated carbocycles. The van der Waals surface area contributed by atoms with Gasteiger partial charge in [-0.25, -0.2) is 4.79 Å². The normalized spacial score (nSPS) is 13.9. The third-order valence-electron chi connectivity index (χ3n) is 4.49. The predicted molar refractivity (Wildman–Crippen MR) is 111 cm³/mol. The molecule has 1 amide bonds. The third-order valence-corrected chi connectivity index (χ3v) is 4.49. The minimum absolute atomic E-state index is 0.426. The largest absolute Gasteiger partial charge is 0.486 e. The molecule has 152 valence electrons. The third kappa shape index (κ3) is 5.60. The molecule has 29 heavy (non-hydrogen) atoms. The summed E-state index contributed by atoms with van der Waals surface area (Å²) in [5.41, 5.74) is 2.66. The van der Waals surface area contributed by atoms with Gasteiger partial charge in [0.15, 0.2) is 17.6 Å². The number of nitrogens with one attached hydrogen (secondary N) is 1. The topological polar surface area (TPSA) is 73.9 Å². The molecule has 1 aliphatic heterocycles.